The Labute approximate surface area is 151 Å². The molecule has 5 nitrogen and oxygen atoms in total. The van der Waals surface area contributed by atoms with E-state index in [1.165, 1.54) is 25.6 Å². The van der Waals surface area contributed by atoms with Gasteiger partial charge in [0.05, 0.1) is 25.3 Å². The molecular weight excluding hydrogens is 338 g/mol. The van der Waals surface area contributed by atoms with E-state index in [-0.39, 0.29) is 5.91 Å². The van der Waals surface area contributed by atoms with Crippen molar-refractivity contribution in [3.63, 3.8) is 0 Å². The van der Waals surface area contributed by atoms with E-state index < -0.39 is 5.97 Å². The first-order valence-electron chi connectivity index (χ1n) is 8.22. The van der Waals surface area contributed by atoms with Crippen LogP contribution in [-0.2, 0) is 17.6 Å². The Morgan fingerprint density at radius 3 is 2.72 bits per heavy atom. The molecule has 0 saturated heterocycles. The number of fused-ring (bicyclic) bond motifs is 1. The summed E-state index contributed by atoms with van der Waals surface area (Å²) >= 11 is 1.47. The number of benzene rings is 1. The maximum Gasteiger partial charge on any atom is 0.341 e. The first-order chi connectivity index (χ1) is 12.0. The van der Waals surface area contributed by atoms with Gasteiger partial charge in [-0.1, -0.05) is 19.1 Å². The fourth-order valence-electron chi connectivity index (χ4n) is 3.16. The number of anilines is 1. The molecule has 1 aromatic carbocycles. The first kappa shape index (κ1) is 17.5. The molecule has 1 atom stereocenters. The van der Waals surface area contributed by atoms with E-state index in [0.29, 0.717) is 27.8 Å². The van der Waals surface area contributed by atoms with Crippen LogP contribution < -0.4 is 10.1 Å². The van der Waals surface area contributed by atoms with E-state index in [4.69, 9.17) is 9.47 Å². The number of hydrogen-bond acceptors (Lipinski definition) is 5. The lowest BCUT2D eigenvalue weighted by Crippen LogP contribution is -2.16. The van der Waals surface area contributed by atoms with Crippen molar-refractivity contribution in [2.24, 2.45) is 5.92 Å². The van der Waals surface area contributed by atoms with Gasteiger partial charge in [-0.15, -0.1) is 11.3 Å². The van der Waals surface area contributed by atoms with Gasteiger partial charge in [-0.2, -0.15) is 0 Å². The molecule has 1 aliphatic carbocycles. The quantitative estimate of drug-likeness (QED) is 0.841. The number of para-hydroxylation sites is 1. The lowest BCUT2D eigenvalue weighted by molar-refractivity contribution is 0.0601. The molecule has 1 amide bonds. The number of rotatable bonds is 4. The van der Waals surface area contributed by atoms with Gasteiger partial charge in [-0.05, 0) is 42.9 Å². The predicted molar refractivity (Wildman–Crippen MR) is 97.8 cm³/mol. The number of esters is 1. The molecule has 1 aromatic heterocycles. The van der Waals surface area contributed by atoms with E-state index in [9.17, 15) is 9.59 Å². The molecule has 0 aliphatic heterocycles. The molecule has 1 N–H and O–H groups in total. The van der Waals surface area contributed by atoms with Gasteiger partial charge in [0, 0.05) is 4.88 Å². The zero-order chi connectivity index (χ0) is 18.0. The van der Waals surface area contributed by atoms with E-state index >= 15 is 0 Å². The number of nitrogens with one attached hydrogen (secondary N) is 1. The molecule has 0 spiro atoms. The SMILES string of the molecule is COC(=O)c1c(NC(=O)c2ccccc2OC)sc2c1CCC(C)C2. The van der Waals surface area contributed by atoms with Crippen molar-refractivity contribution in [2.75, 3.05) is 19.5 Å². The number of amides is 1. The van der Waals surface area contributed by atoms with Crippen molar-refractivity contribution in [1.82, 2.24) is 0 Å². The summed E-state index contributed by atoms with van der Waals surface area (Å²) in [4.78, 5) is 26.2. The summed E-state index contributed by atoms with van der Waals surface area (Å²) in [6.45, 7) is 2.20. The number of carbonyl (C=O) groups excluding carboxylic acids is 2. The maximum atomic E-state index is 12.7. The number of thiophene rings is 1. The van der Waals surface area contributed by atoms with E-state index in [0.717, 1.165) is 29.7 Å². The lowest BCUT2D eigenvalue weighted by Gasteiger charge is -2.18. The smallest absolute Gasteiger partial charge is 0.341 e. The topological polar surface area (TPSA) is 64.6 Å². The number of methoxy groups -OCH3 is 2. The van der Waals surface area contributed by atoms with Gasteiger partial charge < -0.3 is 14.8 Å². The fourth-order valence-corrected chi connectivity index (χ4v) is 4.55. The number of hydrogen-bond donors (Lipinski definition) is 1. The summed E-state index contributed by atoms with van der Waals surface area (Å²) in [5, 5.41) is 3.44. The van der Waals surface area contributed by atoms with Crippen molar-refractivity contribution in [3.8, 4) is 5.75 Å². The second-order valence-electron chi connectivity index (χ2n) is 6.20. The third-order valence-corrected chi connectivity index (χ3v) is 5.65. The molecule has 1 aliphatic rings. The van der Waals surface area contributed by atoms with E-state index in [2.05, 4.69) is 12.2 Å². The molecule has 132 valence electrons. The van der Waals surface area contributed by atoms with Crippen LogP contribution in [0, 0.1) is 5.92 Å². The van der Waals surface area contributed by atoms with Crippen LogP contribution in [0.1, 0.15) is 44.5 Å². The van der Waals surface area contributed by atoms with Crippen LogP contribution >= 0.6 is 11.3 Å². The van der Waals surface area contributed by atoms with Crippen molar-refractivity contribution in [2.45, 2.75) is 26.2 Å². The van der Waals surface area contributed by atoms with Crippen LogP contribution in [0.5, 0.6) is 5.75 Å². The summed E-state index contributed by atoms with van der Waals surface area (Å²) in [5.74, 6) is 0.376. The summed E-state index contributed by atoms with van der Waals surface area (Å²) in [6, 6.07) is 7.01. The monoisotopic (exact) mass is 359 g/mol. The van der Waals surface area contributed by atoms with Crippen molar-refractivity contribution in [3.05, 3.63) is 45.8 Å². The molecule has 0 bridgehead atoms. The molecule has 25 heavy (non-hydrogen) atoms. The number of ether oxygens (including phenoxy) is 2. The van der Waals surface area contributed by atoms with Gasteiger partial charge in [-0.3, -0.25) is 4.79 Å². The second kappa shape index (κ2) is 7.27. The highest BCUT2D eigenvalue weighted by atomic mass is 32.1. The molecule has 0 fully saturated rings. The summed E-state index contributed by atoms with van der Waals surface area (Å²) in [5.41, 5.74) is 1.95. The Morgan fingerprint density at radius 2 is 2.00 bits per heavy atom. The van der Waals surface area contributed by atoms with Crippen LogP contribution in [0.3, 0.4) is 0 Å². The first-order valence-corrected chi connectivity index (χ1v) is 9.04. The second-order valence-corrected chi connectivity index (χ2v) is 7.31. The minimum atomic E-state index is -0.401. The van der Waals surface area contributed by atoms with Gasteiger partial charge in [0.1, 0.15) is 10.8 Å². The minimum Gasteiger partial charge on any atom is -0.496 e. The van der Waals surface area contributed by atoms with Gasteiger partial charge in [0.25, 0.3) is 5.91 Å². The third kappa shape index (κ3) is 3.39. The van der Waals surface area contributed by atoms with Crippen LogP contribution in [0.15, 0.2) is 24.3 Å². The fraction of sp³-hybridized carbons (Fsp3) is 0.368. The molecule has 1 heterocycles. The normalized spacial score (nSPS) is 16.0. The average molecular weight is 359 g/mol. The van der Waals surface area contributed by atoms with Gasteiger partial charge in [0.15, 0.2) is 0 Å². The van der Waals surface area contributed by atoms with Gasteiger partial charge >= 0.3 is 5.97 Å². The summed E-state index contributed by atoms with van der Waals surface area (Å²) < 4.78 is 10.2. The molecule has 1 unspecified atom stereocenters. The zero-order valence-electron chi connectivity index (χ0n) is 14.5. The zero-order valence-corrected chi connectivity index (χ0v) is 15.4. The minimum absolute atomic E-state index is 0.297. The highest BCUT2D eigenvalue weighted by Crippen LogP contribution is 2.40. The van der Waals surface area contributed by atoms with Crippen molar-refractivity contribution >= 4 is 28.2 Å². The predicted octanol–water partition coefficient (Wildman–Crippen LogP) is 3.92. The average Bonchev–Trinajstić information content (AvgIpc) is 2.97. The third-order valence-electron chi connectivity index (χ3n) is 4.48. The van der Waals surface area contributed by atoms with Crippen LogP contribution in [0.25, 0.3) is 0 Å². The van der Waals surface area contributed by atoms with Crippen molar-refractivity contribution in [1.29, 1.82) is 0 Å². The summed E-state index contributed by atoms with van der Waals surface area (Å²) in [7, 11) is 2.89. The number of carbonyl (C=O) groups is 2. The Morgan fingerprint density at radius 1 is 1.24 bits per heavy atom. The molecule has 0 saturated carbocycles. The Kier molecular flexibility index (Phi) is 5.08. The highest BCUT2D eigenvalue weighted by Gasteiger charge is 2.29. The molecule has 2 aromatic rings. The standard InChI is InChI=1S/C19H21NO4S/c1-11-8-9-13-15(10-11)25-18(16(13)19(22)24-3)20-17(21)12-6-4-5-7-14(12)23-2/h4-7,11H,8-10H2,1-3H3,(H,20,21). The summed E-state index contributed by atoms with van der Waals surface area (Å²) in [6.07, 6.45) is 2.80. The van der Waals surface area contributed by atoms with Crippen LogP contribution in [-0.4, -0.2) is 26.1 Å². The largest absolute Gasteiger partial charge is 0.496 e. The van der Waals surface area contributed by atoms with Crippen molar-refractivity contribution < 1.29 is 19.1 Å². The molecular formula is C19H21NO4S. The molecule has 6 heteroatoms. The molecule has 0 radical (unpaired) electrons. The van der Waals surface area contributed by atoms with Gasteiger partial charge in [-0.25, -0.2) is 4.79 Å². The molecule has 3 rings (SSSR count). The Bertz CT molecular complexity index is 812. The maximum absolute atomic E-state index is 12.7. The Balaban J connectivity index is 1.97. The van der Waals surface area contributed by atoms with Crippen LogP contribution in [0.2, 0.25) is 0 Å². The lowest BCUT2D eigenvalue weighted by atomic mass is 9.88. The highest BCUT2D eigenvalue weighted by molar-refractivity contribution is 7.17. The van der Waals surface area contributed by atoms with Gasteiger partial charge in [0.2, 0.25) is 0 Å². The van der Waals surface area contributed by atoms with E-state index in [1.807, 2.05) is 0 Å². The van der Waals surface area contributed by atoms with E-state index in [1.54, 1.807) is 24.3 Å². The van der Waals surface area contributed by atoms with Crippen LogP contribution in [0.4, 0.5) is 5.00 Å². The Hall–Kier alpha value is -2.34.